The molecule has 9 rings (SSSR count). The van der Waals surface area contributed by atoms with Gasteiger partial charge in [0.2, 0.25) is 0 Å². The van der Waals surface area contributed by atoms with Crippen LogP contribution < -0.4 is 0 Å². The maximum atomic E-state index is 12.5. The third-order valence-corrected chi connectivity index (χ3v) is 12.6. The van der Waals surface area contributed by atoms with E-state index in [0.717, 1.165) is 72.5 Å². The molecule has 0 saturated carbocycles. The van der Waals surface area contributed by atoms with Crippen molar-refractivity contribution in [2.24, 2.45) is 0 Å². The van der Waals surface area contributed by atoms with E-state index >= 15 is 0 Å². The molecule has 0 aliphatic heterocycles. The molecule has 5 heteroatoms. The third-order valence-electron chi connectivity index (χ3n) is 12.6. The van der Waals surface area contributed by atoms with Crippen LogP contribution in [-0.4, -0.2) is 19.6 Å². The molecule has 0 bridgehead atoms. The zero-order valence-electron chi connectivity index (χ0n) is 39.7. The van der Waals surface area contributed by atoms with E-state index in [2.05, 4.69) is 238 Å². The van der Waals surface area contributed by atoms with Crippen molar-refractivity contribution in [2.45, 2.75) is 85.5 Å². The van der Waals surface area contributed by atoms with E-state index < -0.39 is 0 Å². The predicted octanol–water partition coefficient (Wildman–Crippen LogP) is 16.1. The minimum atomic E-state index is -0.327. The van der Waals surface area contributed by atoms with Gasteiger partial charge in [0.25, 0.3) is 0 Å². The molecule has 0 fully saturated rings. The molecule has 0 saturated heterocycles. The first-order valence-corrected chi connectivity index (χ1v) is 22.7. The predicted molar refractivity (Wildman–Crippen MR) is 273 cm³/mol. The first-order chi connectivity index (χ1) is 30.9. The van der Waals surface area contributed by atoms with Crippen molar-refractivity contribution in [3.8, 4) is 78.6 Å². The average molecular weight is 1040 g/mol. The number of para-hydroxylation sites is 1. The van der Waals surface area contributed by atoms with Crippen LogP contribution in [0.5, 0.6) is 5.75 Å². The summed E-state index contributed by atoms with van der Waals surface area (Å²) >= 11 is 0. The zero-order chi connectivity index (χ0) is 45.8. The van der Waals surface area contributed by atoms with Crippen molar-refractivity contribution in [1.82, 2.24) is 14.5 Å². The van der Waals surface area contributed by atoms with E-state index in [1.807, 2.05) is 6.20 Å². The molecular weight excluding hydrogens is 986 g/mol. The van der Waals surface area contributed by atoms with Crippen molar-refractivity contribution in [3.63, 3.8) is 0 Å². The van der Waals surface area contributed by atoms with Crippen molar-refractivity contribution in [2.75, 3.05) is 0 Å². The quantitative estimate of drug-likeness (QED) is 0.162. The number of fused-ring (bicyclic) bond motifs is 1. The second-order valence-corrected chi connectivity index (χ2v) is 20.6. The topological polar surface area (TPSA) is 50.9 Å². The van der Waals surface area contributed by atoms with Crippen molar-refractivity contribution in [3.05, 3.63) is 192 Å². The number of pyridine rings is 1. The second kappa shape index (κ2) is 17.8. The van der Waals surface area contributed by atoms with Gasteiger partial charge in [-0.05, 0) is 92.4 Å². The van der Waals surface area contributed by atoms with Crippen LogP contribution in [-0.2, 0) is 37.3 Å². The van der Waals surface area contributed by atoms with Crippen LogP contribution in [0, 0.1) is 13.0 Å². The molecule has 1 N–H and O–H groups in total. The zero-order valence-corrected chi connectivity index (χ0v) is 42.0. The Balaban J connectivity index is 0.00000592. The molecule has 2 heterocycles. The van der Waals surface area contributed by atoms with Crippen LogP contribution >= 0.6 is 0 Å². The number of aromatic nitrogens is 3. The van der Waals surface area contributed by atoms with E-state index in [1.165, 1.54) is 22.3 Å². The van der Waals surface area contributed by atoms with Crippen LogP contribution in [0.25, 0.3) is 83.9 Å². The van der Waals surface area contributed by atoms with Gasteiger partial charge < -0.3 is 5.11 Å². The van der Waals surface area contributed by atoms with E-state index in [1.54, 1.807) is 0 Å². The number of imidazole rings is 1. The minimum absolute atomic E-state index is 0. The van der Waals surface area contributed by atoms with Gasteiger partial charge in [0.15, 0.2) is 0 Å². The summed E-state index contributed by atoms with van der Waals surface area (Å²) in [6, 6.07) is 59.8. The fraction of sp³-hybridized carbons (Fsp3) is 0.213. The Morgan fingerprint density at radius 2 is 1.14 bits per heavy atom. The van der Waals surface area contributed by atoms with Crippen molar-refractivity contribution >= 4 is 11.0 Å². The first-order valence-electron chi connectivity index (χ1n) is 22.7. The number of rotatable bonds is 7. The molecule has 0 aliphatic carbocycles. The Morgan fingerprint density at radius 3 is 1.79 bits per heavy atom. The smallest absolute Gasteiger partial charge is 0.148 e. The second-order valence-electron chi connectivity index (χ2n) is 20.6. The van der Waals surface area contributed by atoms with Crippen LogP contribution in [0.3, 0.4) is 0 Å². The molecule has 0 atom stereocenters. The Bertz CT molecular complexity index is 3200. The number of aryl methyl sites for hydroxylation is 1. The summed E-state index contributed by atoms with van der Waals surface area (Å²) in [7, 11) is 0. The van der Waals surface area contributed by atoms with Crippen LogP contribution in [0.1, 0.15) is 84.6 Å². The fourth-order valence-corrected chi connectivity index (χ4v) is 8.88. The molecule has 66 heavy (non-hydrogen) atoms. The summed E-state index contributed by atoms with van der Waals surface area (Å²) in [5.41, 5.74) is 17.6. The van der Waals surface area contributed by atoms with Gasteiger partial charge in [-0.25, -0.2) is 4.98 Å². The average Bonchev–Trinajstić information content (AvgIpc) is 3.68. The van der Waals surface area contributed by atoms with Gasteiger partial charge in [-0.3, -0.25) is 9.55 Å². The van der Waals surface area contributed by atoms with E-state index in [4.69, 9.17) is 9.97 Å². The van der Waals surface area contributed by atoms with Crippen molar-refractivity contribution in [1.29, 1.82) is 0 Å². The van der Waals surface area contributed by atoms with Crippen molar-refractivity contribution < 1.29 is 26.2 Å². The van der Waals surface area contributed by atoms with Gasteiger partial charge in [0.1, 0.15) is 11.6 Å². The van der Waals surface area contributed by atoms with Crippen LogP contribution in [0.15, 0.2) is 164 Å². The molecule has 0 radical (unpaired) electrons. The molecule has 7 aromatic carbocycles. The first kappa shape index (κ1) is 46.2. The van der Waals surface area contributed by atoms with Gasteiger partial charge in [-0.15, -0.1) is 23.8 Å². The summed E-state index contributed by atoms with van der Waals surface area (Å²) in [5.74, 6) is 0.931. The van der Waals surface area contributed by atoms with E-state index in [9.17, 15) is 5.11 Å². The number of aromatic hydroxyl groups is 1. The van der Waals surface area contributed by atoms with Gasteiger partial charge >= 0.3 is 0 Å². The molecule has 4 nitrogen and oxygen atoms in total. The number of nitrogens with zero attached hydrogens (tertiary/aromatic N) is 3. The SMILES string of the molecule is Cc1ccc(-c2ccnc(-c3[c-]c(-c4cccc5c4nc(-c4cc(C(C)(C)C)cc(C(C)(C)C)c4O)n5-c4ccc(-c5ccccc5)c(C(C)(C)C)c4)cc(-c4ccccc4)c3)c2)cc1.[Pt]. The van der Waals surface area contributed by atoms with Gasteiger partial charge in [0, 0.05) is 44.2 Å². The molecule has 334 valence electrons. The maximum absolute atomic E-state index is 12.5. The number of hydrogen-bond donors (Lipinski definition) is 1. The van der Waals surface area contributed by atoms with Gasteiger partial charge in [-0.1, -0.05) is 200 Å². The normalized spacial score (nSPS) is 12.0. The molecule has 2 aromatic heterocycles. The third kappa shape index (κ3) is 9.09. The Hall–Kier alpha value is -6.35. The van der Waals surface area contributed by atoms with Gasteiger partial charge in [0.05, 0.1) is 16.6 Å². The molecule has 9 aromatic rings. The molecule has 0 amide bonds. The number of phenols is 1. The molecule has 0 aliphatic rings. The number of phenolic OH excluding ortho intramolecular Hbond substituents is 1. The van der Waals surface area contributed by atoms with Crippen LogP contribution in [0.2, 0.25) is 0 Å². The number of hydrogen-bond acceptors (Lipinski definition) is 3. The van der Waals surface area contributed by atoms with E-state index in [-0.39, 0.29) is 43.1 Å². The fourth-order valence-electron chi connectivity index (χ4n) is 8.88. The largest absolute Gasteiger partial charge is 0.507 e. The maximum Gasteiger partial charge on any atom is 0.148 e. The summed E-state index contributed by atoms with van der Waals surface area (Å²) in [6.45, 7) is 22.1. The Kier molecular flexibility index (Phi) is 12.5. The molecule has 0 unspecified atom stereocenters. The summed E-state index contributed by atoms with van der Waals surface area (Å²) in [6.07, 6.45) is 1.89. The summed E-state index contributed by atoms with van der Waals surface area (Å²) in [4.78, 5) is 10.6. The van der Waals surface area contributed by atoms with E-state index in [0.29, 0.717) is 11.4 Å². The standard InChI is InChI=1S/C61H58N3O.Pt/c1-39-24-26-41(27-25-39)43-30-31-62-54(35-43)46-33-44(40-18-13-11-14-19-40)32-45(34-46)50-22-17-23-55-56(50)63-58(51-36-47(59(2,3)4)37-53(57(51)65)61(8,9)10)64(55)48-28-29-49(42-20-15-12-16-21-42)52(38-48)60(5,6)7;/h11-33,35-38,65H,1-10H3;/q-1;. The Labute approximate surface area is 405 Å². The molecular formula is C61H58N3OPt-. The summed E-state index contributed by atoms with van der Waals surface area (Å²) in [5, 5.41) is 12.5. The molecule has 0 spiro atoms. The van der Waals surface area contributed by atoms with Crippen LogP contribution in [0.4, 0.5) is 0 Å². The number of benzene rings is 7. The monoisotopic (exact) mass is 1040 g/mol. The minimum Gasteiger partial charge on any atom is -0.507 e. The summed E-state index contributed by atoms with van der Waals surface area (Å²) < 4.78 is 2.26. The van der Waals surface area contributed by atoms with Gasteiger partial charge in [-0.2, -0.15) is 0 Å². The Morgan fingerprint density at radius 1 is 0.500 bits per heavy atom.